The number of hydrogen-bond donors (Lipinski definition) is 1. The van der Waals surface area contributed by atoms with Gasteiger partial charge in [0.25, 0.3) is 0 Å². The first kappa shape index (κ1) is 11.3. The minimum atomic E-state index is 0.785. The number of fused-ring (bicyclic) bond motifs is 2. The van der Waals surface area contributed by atoms with Crippen molar-refractivity contribution in [2.24, 2.45) is 0 Å². The number of aromatic nitrogens is 2. The van der Waals surface area contributed by atoms with Crippen molar-refractivity contribution in [3.63, 3.8) is 0 Å². The molecule has 2 heterocycles. The Morgan fingerprint density at radius 1 is 1.20 bits per heavy atom. The van der Waals surface area contributed by atoms with Crippen molar-refractivity contribution >= 4 is 22.7 Å². The average Bonchev–Trinajstić information content (AvgIpc) is 3.11. The molecule has 2 aromatic carbocycles. The molecule has 0 spiro atoms. The lowest BCUT2D eigenvalue weighted by Gasteiger charge is -2.16. The van der Waals surface area contributed by atoms with Crippen molar-refractivity contribution < 1.29 is 4.74 Å². The molecule has 100 valence electrons. The number of hydrogen-bond acceptors (Lipinski definition) is 3. The summed E-state index contributed by atoms with van der Waals surface area (Å²) in [7, 11) is 2.02. The van der Waals surface area contributed by atoms with Crippen LogP contribution in [0.5, 0.6) is 5.75 Å². The van der Waals surface area contributed by atoms with Gasteiger partial charge in [-0.25, -0.2) is 4.98 Å². The molecule has 0 unspecified atom stereocenters. The van der Waals surface area contributed by atoms with E-state index in [1.165, 1.54) is 5.56 Å². The number of imidazole rings is 1. The molecule has 1 aromatic heterocycles. The summed E-state index contributed by atoms with van der Waals surface area (Å²) in [6.45, 7) is 0.785. The molecule has 1 N–H and O–H groups in total. The zero-order valence-corrected chi connectivity index (χ0v) is 11.3. The second-order valence-electron chi connectivity index (χ2n) is 5.03. The fraction of sp³-hybridized carbons (Fsp3) is 0.188. The minimum Gasteiger partial charge on any atom is -0.493 e. The van der Waals surface area contributed by atoms with Crippen molar-refractivity contribution in [3.8, 4) is 5.75 Å². The number of nitrogens with zero attached hydrogens (tertiary/aromatic N) is 2. The molecule has 1 aliphatic rings. The van der Waals surface area contributed by atoms with E-state index in [0.717, 1.165) is 41.4 Å². The number of nitrogens with one attached hydrogen (secondary N) is 1. The predicted molar refractivity (Wildman–Crippen MR) is 79.8 cm³/mol. The molecule has 4 nitrogen and oxygen atoms in total. The van der Waals surface area contributed by atoms with Gasteiger partial charge in [0.1, 0.15) is 5.75 Å². The number of rotatable bonds is 2. The van der Waals surface area contributed by atoms with Crippen molar-refractivity contribution in [2.75, 3.05) is 18.6 Å². The van der Waals surface area contributed by atoms with Gasteiger partial charge in [0.05, 0.1) is 17.6 Å². The topological polar surface area (TPSA) is 41.1 Å². The Morgan fingerprint density at radius 2 is 2.10 bits per heavy atom. The van der Waals surface area contributed by atoms with Gasteiger partial charge >= 0.3 is 0 Å². The van der Waals surface area contributed by atoms with Crippen LogP contribution in [-0.4, -0.2) is 23.6 Å². The van der Waals surface area contributed by atoms with Crippen LogP contribution in [0.2, 0.25) is 0 Å². The van der Waals surface area contributed by atoms with Gasteiger partial charge in [-0.2, -0.15) is 0 Å². The van der Waals surface area contributed by atoms with Crippen LogP contribution in [0, 0.1) is 0 Å². The molecule has 0 saturated heterocycles. The molecular weight excluding hydrogens is 250 g/mol. The molecule has 4 heteroatoms. The molecule has 3 aromatic rings. The van der Waals surface area contributed by atoms with E-state index in [0.29, 0.717) is 0 Å². The van der Waals surface area contributed by atoms with E-state index < -0.39 is 0 Å². The van der Waals surface area contributed by atoms with Crippen molar-refractivity contribution in [1.29, 1.82) is 0 Å². The second kappa shape index (κ2) is 4.27. The Labute approximate surface area is 117 Å². The van der Waals surface area contributed by atoms with Gasteiger partial charge in [0.15, 0.2) is 0 Å². The van der Waals surface area contributed by atoms with E-state index in [4.69, 9.17) is 4.74 Å². The Morgan fingerprint density at radius 3 is 3.00 bits per heavy atom. The van der Waals surface area contributed by atoms with E-state index in [-0.39, 0.29) is 0 Å². The third-order valence-electron chi connectivity index (χ3n) is 3.75. The first-order valence-corrected chi connectivity index (χ1v) is 6.75. The minimum absolute atomic E-state index is 0.785. The van der Waals surface area contributed by atoms with Gasteiger partial charge in [0, 0.05) is 19.2 Å². The Kier molecular flexibility index (Phi) is 2.42. The summed E-state index contributed by atoms with van der Waals surface area (Å²) in [4.78, 5) is 10.0. The zero-order chi connectivity index (χ0) is 13.5. The van der Waals surface area contributed by atoms with E-state index in [2.05, 4.69) is 27.0 Å². The summed E-state index contributed by atoms with van der Waals surface area (Å²) in [5.74, 6) is 1.86. The third kappa shape index (κ3) is 1.72. The summed E-state index contributed by atoms with van der Waals surface area (Å²) in [6.07, 6.45) is 0.983. The molecule has 4 rings (SSSR count). The number of para-hydroxylation sites is 2. The van der Waals surface area contributed by atoms with Gasteiger partial charge in [0.2, 0.25) is 5.95 Å². The van der Waals surface area contributed by atoms with Crippen molar-refractivity contribution in [1.82, 2.24) is 9.97 Å². The predicted octanol–water partition coefficient (Wildman–Crippen LogP) is 3.27. The molecule has 0 amide bonds. The van der Waals surface area contributed by atoms with E-state index in [1.54, 1.807) is 0 Å². The highest BCUT2D eigenvalue weighted by atomic mass is 16.5. The van der Waals surface area contributed by atoms with E-state index >= 15 is 0 Å². The molecule has 0 radical (unpaired) electrons. The quantitative estimate of drug-likeness (QED) is 0.773. The first-order valence-electron chi connectivity index (χ1n) is 6.75. The lowest BCUT2D eigenvalue weighted by Crippen LogP contribution is -2.11. The Hall–Kier alpha value is -2.49. The molecule has 0 fully saturated rings. The van der Waals surface area contributed by atoms with Crippen LogP contribution in [0.1, 0.15) is 5.56 Å². The average molecular weight is 265 g/mol. The van der Waals surface area contributed by atoms with Crippen LogP contribution in [0.4, 0.5) is 11.6 Å². The maximum atomic E-state index is 5.54. The second-order valence-corrected chi connectivity index (χ2v) is 5.03. The van der Waals surface area contributed by atoms with Crippen LogP contribution in [0.3, 0.4) is 0 Å². The summed E-state index contributed by atoms with van der Waals surface area (Å²) < 4.78 is 5.54. The molecule has 0 aliphatic carbocycles. The zero-order valence-electron chi connectivity index (χ0n) is 11.3. The van der Waals surface area contributed by atoms with Crippen LogP contribution in [0.25, 0.3) is 11.0 Å². The van der Waals surface area contributed by atoms with Crippen LogP contribution >= 0.6 is 0 Å². The number of ether oxygens (including phenoxy) is 1. The molecule has 0 atom stereocenters. The normalized spacial score (nSPS) is 13.2. The third-order valence-corrected chi connectivity index (χ3v) is 3.75. The van der Waals surface area contributed by atoms with E-state index in [1.807, 2.05) is 37.4 Å². The summed E-state index contributed by atoms with van der Waals surface area (Å²) in [5, 5.41) is 0. The lowest BCUT2D eigenvalue weighted by molar-refractivity contribution is 0.357. The molecular formula is C16H15N3O. The highest BCUT2D eigenvalue weighted by Gasteiger charge is 2.15. The maximum Gasteiger partial charge on any atom is 0.208 e. The monoisotopic (exact) mass is 265 g/mol. The number of aromatic amines is 1. The summed E-state index contributed by atoms with van der Waals surface area (Å²) in [6, 6.07) is 14.3. The maximum absolute atomic E-state index is 5.54. The largest absolute Gasteiger partial charge is 0.493 e. The van der Waals surface area contributed by atoms with Gasteiger partial charge < -0.3 is 14.6 Å². The molecule has 20 heavy (non-hydrogen) atoms. The molecule has 1 aliphatic heterocycles. The molecule has 0 saturated carbocycles. The van der Waals surface area contributed by atoms with E-state index in [9.17, 15) is 0 Å². The SMILES string of the molecule is CN(c1ccc2c(c1)CCO2)c1nc2ccccc2[nH]1. The fourth-order valence-electron chi connectivity index (χ4n) is 2.60. The van der Waals surface area contributed by atoms with Crippen molar-refractivity contribution in [2.45, 2.75) is 6.42 Å². The van der Waals surface area contributed by atoms with Gasteiger partial charge in [-0.1, -0.05) is 12.1 Å². The lowest BCUT2D eigenvalue weighted by atomic mass is 10.1. The van der Waals surface area contributed by atoms with Crippen LogP contribution < -0.4 is 9.64 Å². The van der Waals surface area contributed by atoms with Crippen LogP contribution in [-0.2, 0) is 6.42 Å². The van der Waals surface area contributed by atoms with Gasteiger partial charge in [-0.15, -0.1) is 0 Å². The highest BCUT2D eigenvalue weighted by molar-refractivity contribution is 5.78. The summed E-state index contributed by atoms with van der Waals surface area (Å²) >= 11 is 0. The standard InChI is InChI=1S/C16H15N3O/c1-19(12-6-7-15-11(10-12)8-9-20-15)16-17-13-4-2-3-5-14(13)18-16/h2-7,10H,8-9H2,1H3,(H,17,18). The van der Waals surface area contributed by atoms with Crippen molar-refractivity contribution in [3.05, 3.63) is 48.0 Å². The van der Waals surface area contributed by atoms with Gasteiger partial charge in [-0.05, 0) is 35.9 Å². The first-order chi connectivity index (χ1) is 9.81. The van der Waals surface area contributed by atoms with Gasteiger partial charge in [-0.3, -0.25) is 0 Å². The highest BCUT2D eigenvalue weighted by Crippen LogP contribution is 2.31. The Balaban J connectivity index is 1.74. The van der Waals surface area contributed by atoms with Crippen LogP contribution in [0.15, 0.2) is 42.5 Å². The smallest absolute Gasteiger partial charge is 0.208 e. The molecule has 0 bridgehead atoms. The number of benzene rings is 2. The fourth-order valence-corrected chi connectivity index (χ4v) is 2.60. The Bertz CT molecular complexity index is 745. The number of anilines is 2. The number of H-pyrrole nitrogens is 1. The summed E-state index contributed by atoms with van der Waals surface area (Å²) in [5.41, 5.74) is 4.43.